The number of hydroxylamine groups is 1. The summed E-state index contributed by atoms with van der Waals surface area (Å²) in [5.41, 5.74) is 8.12. The van der Waals surface area contributed by atoms with Gasteiger partial charge in [0.25, 0.3) is 0 Å². The highest BCUT2D eigenvalue weighted by Crippen LogP contribution is 2.38. The number of nitrogens with one attached hydrogen (secondary N) is 3. The molecule has 2 aromatic heterocycles. The molecular formula is C30H34FN5O3. The van der Waals surface area contributed by atoms with Gasteiger partial charge in [-0.3, -0.25) is 14.6 Å². The zero-order valence-electron chi connectivity index (χ0n) is 22.3. The van der Waals surface area contributed by atoms with E-state index in [9.17, 15) is 9.18 Å². The van der Waals surface area contributed by atoms with E-state index in [0.717, 1.165) is 35.3 Å². The molecule has 2 aromatic carbocycles. The van der Waals surface area contributed by atoms with Gasteiger partial charge in [-0.2, -0.15) is 5.48 Å². The number of halogens is 1. The number of hydrogen-bond acceptors (Lipinski definition) is 7. The highest BCUT2D eigenvalue weighted by Gasteiger charge is 2.26. The standard InChI is InChI=1S/C30H34FN5O3/c1-20-13-22(9-10-34-20)16-33-17-23-18-36(25-7-8-25)28-15-29(27(31)14-26(28)30(23)37)38-12-11-35-39-19-21-3-5-24(32-2)6-4-21/h3-6,9-10,13-15,18,25,32-33,35H,7-8,11-12,16-17,19H2,1-2H3. The second-order valence-corrected chi connectivity index (χ2v) is 9.81. The fourth-order valence-corrected chi connectivity index (χ4v) is 4.53. The molecule has 5 rings (SSSR count). The molecule has 0 bridgehead atoms. The van der Waals surface area contributed by atoms with Crippen molar-refractivity contribution >= 4 is 16.6 Å². The lowest BCUT2D eigenvalue weighted by Gasteiger charge is -2.16. The summed E-state index contributed by atoms with van der Waals surface area (Å²) in [4.78, 5) is 23.0. The van der Waals surface area contributed by atoms with Gasteiger partial charge >= 0.3 is 0 Å². The molecule has 1 aliphatic rings. The molecule has 0 spiro atoms. The van der Waals surface area contributed by atoms with E-state index >= 15 is 0 Å². The molecule has 1 saturated carbocycles. The molecule has 204 valence electrons. The Morgan fingerprint density at radius 1 is 1.08 bits per heavy atom. The number of benzene rings is 2. The van der Waals surface area contributed by atoms with Gasteiger partial charge in [-0.05, 0) is 61.2 Å². The molecule has 0 aliphatic heterocycles. The first-order valence-electron chi connectivity index (χ1n) is 13.3. The molecule has 1 fully saturated rings. The average Bonchev–Trinajstić information content (AvgIpc) is 3.78. The lowest BCUT2D eigenvalue weighted by molar-refractivity contribution is 0.0214. The molecule has 0 saturated heterocycles. The maximum Gasteiger partial charge on any atom is 0.193 e. The van der Waals surface area contributed by atoms with Crippen molar-refractivity contribution in [3.63, 3.8) is 0 Å². The van der Waals surface area contributed by atoms with Gasteiger partial charge in [0.1, 0.15) is 6.61 Å². The molecule has 9 heteroatoms. The monoisotopic (exact) mass is 531 g/mol. The Morgan fingerprint density at radius 3 is 2.64 bits per heavy atom. The Hall–Kier alpha value is -3.79. The van der Waals surface area contributed by atoms with Crippen molar-refractivity contribution < 1.29 is 14.0 Å². The predicted octanol–water partition coefficient (Wildman–Crippen LogP) is 4.61. The number of nitrogens with zero attached hydrogens (tertiary/aromatic N) is 2. The number of ether oxygens (including phenoxy) is 1. The second-order valence-electron chi connectivity index (χ2n) is 9.81. The summed E-state index contributed by atoms with van der Waals surface area (Å²) < 4.78 is 22.8. The van der Waals surface area contributed by atoms with Crippen molar-refractivity contribution in [2.45, 2.75) is 45.5 Å². The van der Waals surface area contributed by atoms with Gasteiger partial charge in [0, 0.05) is 67.0 Å². The van der Waals surface area contributed by atoms with Crippen LogP contribution in [0.15, 0.2) is 65.7 Å². The number of hydrogen-bond donors (Lipinski definition) is 3. The van der Waals surface area contributed by atoms with Crippen LogP contribution in [0.25, 0.3) is 10.9 Å². The summed E-state index contributed by atoms with van der Waals surface area (Å²) in [6.07, 6.45) is 5.76. The van der Waals surface area contributed by atoms with Crippen molar-refractivity contribution in [3.8, 4) is 5.75 Å². The van der Waals surface area contributed by atoms with Gasteiger partial charge in [0.15, 0.2) is 17.0 Å². The molecule has 39 heavy (non-hydrogen) atoms. The summed E-state index contributed by atoms with van der Waals surface area (Å²) in [6, 6.07) is 15.1. The number of fused-ring (bicyclic) bond motifs is 1. The van der Waals surface area contributed by atoms with Gasteiger partial charge in [0.2, 0.25) is 0 Å². The molecular weight excluding hydrogens is 497 g/mol. The van der Waals surface area contributed by atoms with E-state index in [1.54, 1.807) is 12.3 Å². The SMILES string of the molecule is CNc1ccc(CONCCOc2cc3c(cc2F)c(=O)c(CNCc2ccnc(C)c2)cn3C2CC2)cc1. The molecule has 0 unspecified atom stereocenters. The van der Waals surface area contributed by atoms with Crippen LogP contribution in [0.4, 0.5) is 10.1 Å². The summed E-state index contributed by atoms with van der Waals surface area (Å²) in [7, 11) is 1.87. The van der Waals surface area contributed by atoms with Crippen molar-refractivity contribution in [2.75, 3.05) is 25.5 Å². The minimum absolute atomic E-state index is 0.125. The molecule has 4 aromatic rings. The first-order valence-corrected chi connectivity index (χ1v) is 13.3. The summed E-state index contributed by atoms with van der Waals surface area (Å²) in [5.74, 6) is -0.426. The van der Waals surface area contributed by atoms with Crippen LogP contribution in [0, 0.1) is 12.7 Å². The van der Waals surface area contributed by atoms with Crippen LogP contribution in [-0.4, -0.2) is 29.8 Å². The Bertz CT molecular complexity index is 1480. The largest absolute Gasteiger partial charge is 0.489 e. The van der Waals surface area contributed by atoms with E-state index in [1.807, 2.05) is 56.6 Å². The third-order valence-corrected chi connectivity index (χ3v) is 6.75. The van der Waals surface area contributed by atoms with E-state index in [-0.39, 0.29) is 17.8 Å². The van der Waals surface area contributed by atoms with Crippen molar-refractivity contribution in [1.82, 2.24) is 20.3 Å². The Kier molecular flexibility index (Phi) is 8.51. The third kappa shape index (κ3) is 6.81. The molecule has 0 radical (unpaired) electrons. The zero-order chi connectivity index (χ0) is 27.2. The van der Waals surface area contributed by atoms with Crippen LogP contribution in [0.1, 0.15) is 41.3 Å². The van der Waals surface area contributed by atoms with Gasteiger partial charge in [-0.15, -0.1) is 0 Å². The summed E-state index contributed by atoms with van der Waals surface area (Å²) >= 11 is 0. The van der Waals surface area contributed by atoms with E-state index in [1.165, 1.54) is 6.07 Å². The molecule has 0 atom stereocenters. The molecule has 2 heterocycles. The van der Waals surface area contributed by atoms with Gasteiger partial charge < -0.3 is 19.9 Å². The molecule has 1 aliphatic carbocycles. The van der Waals surface area contributed by atoms with Gasteiger partial charge in [-0.1, -0.05) is 12.1 Å². The van der Waals surface area contributed by atoms with Crippen LogP contribution in [0.5, 0.6) is 5.75 Å². The minimum atomic E-state index is -0.551. The van der Waals surface area contributed by atoms with Crippen LogP contribution in [0.2, 0.25) is 0 Å². The maximum atomic E-state index is 15.0. The highest BCUT2D eigenvalue weighted by atomic mass is 19.1. The van der Waals surface area contributed by atoms with Gasteiger partial charge in [0.05, 0.1) is 18.7 Å². The normalized spacial score (nSPS) is 13.1. The Balaban J connectivity index is 1.21. The lowest BCUT2D eigenvalue weighted by Crippen LogP contribution is -2.22. The van der Waals surface area contributed by atoms with E-state index in [4.69, 9.17) is 9.57 Å². The van der Waals surface area contributed by atoms with Gasteiger partial charge in [-0.25, -0.2) is 4.39 Å². The smallest absolute Gasteiger partial charge is 0.193 e. The summed E-state index contributed by atoms with van der Waals surface area (Å²) in [6.45, 7) is 3.96. The van der Waals surface area contributed by atoms with E-state index < -0.39 is 5.82 Å². The summed E-state index contributed by atoms with van der Waals surface area (Å²) in [5, 5.41) is 6.79. The fraction of sp³-hybridized carbons (Fsp3) is 0.333. The van der Waals surface area contributed by atoms with E-state index in [0.29, 0.717) is 48.7 Å². The number of anilines is 1. The lowest BCUT2D eigenvalue weighted by atomic mass is 10.1. The molecule has 8 nitrogen and oxygen atoms in total. The predicted molar refractivity (Wildman–Crippen MR) is 150 cm³/mol. The third-order valence-electron chi connectivity index (χ3n) is 6.75. The minimum Gasteiger partial charge on any atom is -0.489 e. The maximum absolute atomic E-state index is 15.0. The zero-order valence-corrected chi connectivity index (χ0v) is 22.3. The first-order chi connectivity index (χ1) is 19.0. The topological polar surface area (TPSA) is 89.4 Å². The van der Waals surface area contributed by atoms with Crippen molar-refractivity contribution in [2.24, 2.45) is 0 Å². The van der Waals surface area contributed by atoms with Crippen LogP contribution >= 0.6 is 0 Å². The second kappa shape index (κ2) is 12.4. The Labute approximate surface area is 227 Å². The first kappa shape index (κ1) is 26.8. The number of aromatic nitrogens is 2. The number of aryl methyl sites for hydroxylation is 1. The number of rotatable bonds is 13. The Morgan fingerprint density at radius 2 is 1.90 bits per heavy atom. The number of pyridine rings is 2. The fourth-order valence-electron chi connectivity index (χ4n) is 4.53. The quantitative estimate of drug-likeness (QED) is 0.172. The van der Waals surface area contributed by atoms with Crippen molar-refractivity contribution in [1.29, 1.82) is 0 Å². The average molecular weight is 532 g/mol. The van der Waals surface area contributed by atoms with E-state index in [2.05, 4.69) is 25.7 Å². The molecule has 0 amide bonds. The van der Waals surface area contributed by atoms with Crippen LogP contribution in [0.3, 0.4) is 0 Å². The highest BCUT2D eigenvalue weighted by molar-refractivity contribution is 5.81. The molecule has 3 N–H and O–H groups in total. The van der Waals surface area contributed by atoms with Crippen molar-refractivity contribution in [3.05, 3.63) is 99.3 Å². The van der Waals surface area contributed by atoms with Crippen LogP contribution < -0.4 is 26.3 Å². The van der Waals surface area contributed by atoms with Crippen LogP contribution in [-0.2, 0) is 24.5 Å².